The molecule has 6 nitrogen and oxygen atoms in total. The standard InChI is InChI=1S/C27H24N4O2S/c1-16-8-10-17(11-9-16)24-22-23(28-26-29-27(34-3)30-31(24)26)20-6-4-5-7-21(20)33-25(22)18-12-14-19(32-2)15-13-18/h4-15,24-25H,1-3H3,(H,28,29,30). The Labute approximate surface area is 202 Å². The lowest BCUT2D eigenvalue weighted by molar-refractivity contribution is 0.222. The second kappa shape index (κ2) is 8.25. The molecule has 0 spiro atoms. The molecule has 2 aliphatic heterocycles. The van der Waals surface area contributed by atoms with Crippen molar-refractivity contribution in [1.29, 1.82) is 0 Å². The number of benzene rings is 3. The van der Waals surface area contributed by atoms with E-state index in [1.54, 1.807) is 7.11 Å². The number of rotatable bonds is 4. The molecule has 2 unspecified atom stereocenters. The highest BCUT2D eigenvalue weighted by molar-refractivity contribution is 7.98. The summed E-state index contributed by atoms with van der Waals surface area (Å²) in [6.45, 7) is 2.10. The molecule has 1 N–H and O–H groups in total. The molecular formula is C27H24N4O2S. The smallest absolute Gasteiger partial charge is 0.227 e. The molecule has 0 amide bonds. The fraction of sp³-hybridized carbons (Fsp3) is 0.185. The van der Waals surface area contributed by atoms with Crippen molar-refractivity contribution in [2.45, 2.75) is 24.2 Å². The number of methoxy groups -OCH3 is 1. The molecule has 4 aromatic rings. The zero-order valence-electron chi connectivity index (χ0n) is 19.1. The molecule has 0 aliphatic carbocycles. The van der Waals surface area contributed by atoms with E-state index >= 15 is 0 Å². The fourth-order valence-corrected chi connectivity index (χ4v) is 5.01. The van der Waals surface area contributed by atoms with Crippen LogP contribution in [0.3, 0.4) is 0 Å². The summed E-state index contributed by atoms with van der Waals surface area (Å²) in [7, 11) is 1.68. The maximum absolute atomic E-state index is 6.68. The Hall–Kier alpha value is -3.71. The lowest BCUT2D eigenvalue weighted by Gasteiger charge is -2.39. The van der Waals surface area contributed by atoms with Crippen molar-refractivity contribution >= 4 is 23.4 Å². The Morgan fingerprint density at radius 2 is 1.71 bits per heavy atom. The van der Waals surface area contributed by atoms with Gasteiger partial charge in [-0.1, -0.05) is 65.9 Å². The van der Waals surface area contributed by atoms with Gasteiger partial charge < -0.3 is 14.8 Å². The molecule has 34 heavy (non-hydrogen) atoms. The van der Waals surface area contributed by atoms with Gasteiger partial charge in [-0.25, -0.2) is 4.68 Å². The molecule has 3 heterocycles. The molecule has 7 heteroatoms. The highest BCUT2D eigenvalue weighted by atomic mass is 32.2. The summed E-state index contributed by atoms with van der Waals surface area (Å²) < 4.78 is 14.1. The van der Waals surface area contributed by atoms with Crippen LogP contribution in [0, 0.1) is 6.92 Å². The molecule has 3 aromatic carbocycles. The molecule has 0 radical (unpaired) electrons. The van der Waals surface area contributed by atoms with Crippen LogP contribution in [0.4, 0.5) is 5.95 Å². The molecule has 0 saturated carbocycles. The van der Waals surface area contributed by atoms with Gasteiger partial charge in [0, 0.05) is 11.1 Å². The number of nitrogens with zero attached hydrogens (tertiary/aromatic N) is 3. The third-order valence-electron chi connectivity index (χ3n) is 6.35. The first-order chi connectivity index (χ1) is 16.7. The first-order valence-electron chi connectivity index (χ1n) is 11.1. The van der Waals surface area contributed by atoms with Gasteiger partial charge in [0.05, 0.1) is 12.8 Å². The Kier molecular flexibility index (Phi) is 5.07. The molecule has 170 valence electrons. The van der Waals surface area contributed by atoms with Crippen LogP contribution < -0.4 is 14.8 Å². The van der Waals surface area contributed by atoms with Gasteiger partial charge in [0.15, 0.2) is 0 Å². The Bertz CT molecular complexity index is 1390. The van der Waals surface area contributed by atoms with Crippen molar-refractivity contribution in [3.63, 3.8) is 0 Å². The second-order valence-electron chi connectivity index (χ2n) is 8.40. The highest BCUT2D eigenvalue weighted by Crippen LogP contribution is 2.51. The number of anilines is 1. The number of aromatic nitrogens is 3. The lowest BCUT2D eigenvalue weighted by Crippen LogP contribution is -2.32. The number of nitrogens with one attached hydrogen (secondary N) is 1. The third-order valence-corrected chi connectivity index (χ3v) is 6.89. The van der Waals surface area contributed by atoms with Crippen LogP contribution in [0.1, 0.15) is 34.4 Å². The Morgan fingerprint density at radius 1 is 0.971 bits per heavy atom. The summed E-state index contributed by atoms with van der Waals surface area (Å²) in [6, 6.07) is 24.7. The largest absolute Gasteiger partial charge is 0.497 e. The van der Waals surface area contributed by atoms with Crippen molar-refractivity contribution < 1.29 is 9.47 Å². The maximum Gasteiger partial charge on any atom is 0.227 e. The minimum absolute atomic E-state index is 0.166. The Balaban J connectivity index is 1.60. The number of para-hydroxylation sites is 1. The fourth-order valence-electron chi connectivity index (χ4n) is 4.67. The highest BCUT2D eigenvalue weighted by Gasteiger charge is 2.41. The van der Waals surface area contributed by atoms with E-state index in [-0.39, 0.29) is 12.1 Å². The average molecular weight is 469 g/mol. The molecule has 0 bridgehead atoms. The maximum atomic E-state index is 6.68. The molecule has 0 saturated heterocycles. The molecule has 2 atom stereocenters. The van der Waals surface area contributed by atoms with E-state index in [0.29, 0.717) is 0 Å². The zero-order chi connectivity index (χ0) is 23.2. The van der Waals surface area contributed by atoms with E-state index in [9.17, 15) is 0 Å². The van der Waals surface area contributed by atoms with Crippen LogP contribution in [0.15, 0.2) is 83.5 Å². The summed E-state index contributed by atoms with van der Waals surface area (Å²) in [5.74, 6) is 2.39. The van der Waals surface area contributed by atoms with Crippen LogP contribution in [0.5, 0.6) is 11.5 Å². The van der Waals surface area contributed by atoms with E-state index in [4.69, 9.17) is 19.6 Å². The van der Waals surface area contributed by atoms with Gasteiger partial charge in [-0.2, -0.15) is 4.98 Å². The lowest BCUT2D eigenvalue weighted by atomic mass is 9.84. The van der Waals surface area contributed by atoms with Gasteiger partial charge in [0.1, 0.15) is 23.6 Å². The molecular weight excluding hydrogens is 444 g/mol. The third kappa shape index (κ3) is 3.35. The number of thioether (sulfide) groups is 1. The quantitative estimate of drug-likeness (QED) is 0.378. The van der Waals surface area contributed by atoms with E-state index in [1.807, 2.05) is 41.3 Å². The molecule has 1 aromatic heterocycles. The van der Waals surface area contributed by atoms with Gasteiger partial charge in [0.2, 0.25) is 11.1 Å². The number of fused-ring (bicyclic) bond motifs is 3. The van der Waals surface area contributed by atoms with E-state index in [1.165, 1.54) is 17.3 Å². The first kappa shape index (κ1) is 20.9. The van der Waals surface area contributed by atoms with Crippen LogP contribution in [-0.4, -0.2) is 28.1 Å². The van der Waals surface area contributed by atoms with E-state index in [0.717, 1.165) is 50.6 Å². The van der Waals surface area contributed by atoms with Crippen LogP contribution >= 0.6 is 11.8 Å². The predicted octanol–water partition coefficient (Wildman–Crippen LogP) is 5.88. The Morgan fingerprint density at radius 3 is 2.44 bits per heavy atom. The van der Waals surface area contributed by atoms with Crippen LogP contribution in [-0.2, 0) is 0 Å². The summed E-state index contributed by atoms with van der Waals surface area (Å²) >= 11 is 1.54. The second-order valence-corrected chi connectivity index (χ2v) is 9.18. The van der Waals surface area contributed by atoms with Crippen LogP contribution in [0.25, 0.3) is 5.70 Å². The van der Waals surface area contributed by atoms with Gasteiger partial charge in [0.25, 0.3) is 0 Å². The number of hydrogen-bond acceptors (Lipinski definition) is 6. The monoisotopic (exact) mass is 468 g/mol. The zero-order valence-corrected chi connectivity index (χ0v) is 20.0. The minimum atomic E-state index is -0.301. The molecule has 0 fully saturated rings. The molecule has 2 aliphatic rings. The molecule has 6 rings (SSSR count). The summed E-state index contributed by atoms with van der Waals surface area (Å²) in [6.07, 6.45) is 1.69. The summed E-state index contributed by atoms with van der Waals surface area (Å²) in [5, 5.41) is 9.17. The van der Waals surface area contributed by atoms with Crippen molar-refractivity contribution in [2.24, 2.45) is 0 Å². The normalized spacial score (nSPS) is 18.3. The average Bonchev–Trinajstić information content (AvgIpc) is 3.30. The summed E-state index contributed by atoms with van der Waals surface area (Å²) in [5.41, 5.74) is 6.57. The van der Waals surface area contributed by atoms with Crippen LogP contribution in [0.2, 0.25) is 0 Å². The number of hydrogen-bond donors (Lipinski definition) is 1. The van der Waals surface area contributed by atoms with Gasteiger partial charge in [-0.15, -0.1) is 5.10 Å². The van der Waals surface area contributed by atoms with Gasteiger partial charge in [-0.05, 0) is 48.6 Å². The minimum Gasteiger partial charge on any atom is -0.497 e. The topological polar surface area (TPSA) is 61.2 Å². The van der Waals surface area contributed by atoms with Gasteiger partial charge in [-0.3, -0.25) is 0 Å². The number of ether oxygens (including phenoxy) is 2. The van der Waals surface area contributed by atoms with E-state index < -0.39 is 0 Å². The van der Waals surface area contributed by atoms with E-state index in [2.05, 4.69) is 54.7 Å². The van der Waals surface area contributed by atoms with Crippen molar-refractivity contribution in [1.82, 2.24) is 14.8 Å². The SMILES string of the molecule is COc1ccc(C2Oc3ccccc3C3=C2C(c2ccc(C)cc2)n2nc(SC)nc2N3)cc1. The summed E-state index contributed by atoms with van der Waals surface area (Å²) in [4.78, 5) is 4.76. The predicted molar refractivity (Wildman–Crippen MR) is 134 cm³/mol. The van der Waals surface area contributed by atoms with Crippen molar-refractivity contribution in [2.75, 3.05) is 18.7 Å². The van der Waals surface area contributed by atoms with Crippen molar-refractivity contribution in [3.8, 4) is 11.5 Å². The number of aryl methyl sites for hydroxylation is 1. The first-order valence-corrected chi connectivity index (χ1v) is 12.4. The van der Waals surface area contributed by atoms with Crippen molar-refractivity contribution in [3.05, 3.63) is 101 Å². The van der Waals surface area contributed by atoms with Gasteiger partial charge >= 0.3 is 0 Å².